The zero-order chi connectivity index (χ0) is 15.6. The zero-order valence-electron chi connectivity index (χ0n) is 11.1. The van der Waals surface area contributed by atoms with Crippen molar-refractivity contribution in [2.45, 2.75) is 10.8 Å². The number of rotatable bonds is 5. The van der Waals surface area contributed by atoms with Crippen LogP contribution in [0.5, 0.6) is 0 Å². The van der Waals surface area contributed by atoms with Crippen molar-refractivity contribution in [2.24, 2.45) is 0 Å². The Bertz CT molecular complexity index is 876. The second kappa shape index (κ2) is 5.95. The van der Waals surface area contributed by atoms with Gasteiger partial charge in [0.1, 0.15) is 10.0 Å². The van der Waals surface area contributed by atoms with Gasteiger partial charge in [0, 0.05) is 0 Å². The molecule has 3 aromatic rings. The third-order valence-electron chi connectivity index (χ3n) is 2.76. The number of hydrogen-bond donors (Lipinski definition) is 1. The highest BCUT2D eigenvalue weighted by Gasteiger charge is 2.17. The molecular weight excluding hydrogens is 329 g/mol. The van der Waals surface area contributed by atoms with Crippen molar-refractivity contribution in [1.29, 1.82) is 0 Å². The normalized spacial score (nSPS) is 11.7. The third-order valence-corrected chi connectivity index (χ3v) is 5.55. The molecule has 9 heteroatoms. The van der Waals surface area contributed by atoms with Crippen molar-refractivity contribution in [1.82, 2.24) is 14.9 Å². The van der Waals surface area contributed by atoms with Crippen LogP contribution < -0.4 is 4.72 Å². The molecule has 0 atom stereocenters. The Morgan fingerprint density at radius 2 is 2.05 bits per heavy atom. The van der Waals surface area contributed by atoms with E-state index >= 15 is 0 Å². The predicted octanol–water partition coefficient (Wildman–Crippen LogP) is 2.42. The van der Waals surface area contributed by atoms with Gasteiger partial charge in [-0.3, -0.25) is 0 Å². The second-order valence-corrected chi connectivity index (χ2v) is 7.19. The van der Waals surface area contributed by atoms with Crippen LogP contribution in [-0.4, -0.2) is 18.6 Å². The van der Waals surface area contributed by atoms with E-state index in [9.17, 15) is 12.8 Å². The summed E-state index contributed by atoms with van der Waals surface area (Å²) in [5.41, 5.74) is 0.193. The molecule has 0 unspecified atom stereocenters. The Hall–Kier alpha value is -2.10. The molecule has 1 N–H and O–H groups in total. The van der Waals surface area contributed by atoms with Gasteiger partial charge in [0.05, 0.1) is 12.1 Å². The summed E-state index contributed by atoms with van der Waals surface area (Å²) in [7, 11) is -3.61. The van der Waals surface area contributed by atoms with E-state index < -0.39 is 15.8 Å². The number of sulfonamides is 1. The highest BCUT2D eigenvalue weighted by atomic mass is 32.2. The molecule has 0 saturated heterocycles. The van der Waals surface area contributed by atoms with Gasteiger partial charge in [-0.05, 0) is 23.6 Å². The van der Waals surface area contributed by atoms with Gasteiger partial charge >= 0.3 is 0 Å². The van der Waals surface area contributed by atoms with Gasteiger partial charge in [0.15, 0.2) is 0 Å². The van der Waals surface area contributed by atoms with E-state index in [4.69, 9.17) is 4.52 Å². The Labute approximate surface area is 129 Å². The van der Waals surface area contributed by atoms with Crippen LogP contribution in [0.4, 0.5) is 4.39 Å². The van der Waals surface area contributed by atoms with E-state index in [0.29, 0.717) is 0 Å². The monoisotopic (exact) mass is 339 g/mol. The van der Waals surface area contributed by atoms with E-state index in [1.54, 1.807) is 23.6 Å². The van der Waals surface area contributed by atoms with Crippen LogP contribution in [-0.2, 0) is 16.6 Å². The second-order valence-electron chi connectivity index (χ2n) is 4.25. The van der Waals surface area contributed by atoms with E-state index in [1.807, 2.05) is 0 Å². The van der Waals surface area contributed by atoms with Crippen molar-refractivity contribution in [3.63, 3.8) is 0 Å². The van der Waals surface area contributed by atoms with Crippen LogP contribution in [0.3, 0.4) is 0 Å². The molecule has 0 fully saturated rings. The van der Waals surface area contributed by atoms with Gasteiger partial charge in [-0.15, -0.1) is 11.3 Å². The lowest BCUT2D eigenvalue weighted by molar-refractivity contribution is 0.375. The van der Waals surface area contributed by atoms with Gasteiger partial charge < -0.3 is 4.52 Å². The first-order valence-corrected chi connectivity index (χ1v) is 8.53. The maximum atomic E-state index is 13.6. The number of halogens is 1. The van der Waals surface area contributed by atoms with Crippen LogP contribution in [0.1, 0.15) is 5.89 Å². The topological polar surface area (TPSA) is 85.1 Å². The summed E-state index contributed by atoms with van der Waals surface area (Å²) in [5.74, 6) is -0.351. The van der Waals surface area contributed by atoms with E-state index in [-0.39, 0.29) is 28.0 Å². The summed E-state index contributed by atoms with van der Waals surface area (Å²) < 4.78 is 45.0. The molecule has 3 rings (SSSR count). The minimum atomic E-state index is -3.61. The molecule has 2 aromatic heterocycles. The van der Waals surface area contributed by atoms with Gasteiger partial charge in [0.2, 0.25) is 11.7 Å². The summed E-state index contributed by atoms with van der Waals surface area (Å²) >= 11 is 1.10. The van der Waals surface area contributed by atoms with Crippen molar-refractivity contribution in [2.75, 3.05) is 0 Å². The number of aromatic nitrogens is 2. The first-order chi connectivity index (χ1) is 10.6. The quantitative estimate of drug-likeness (QED) is 0.771. The minimum Gasteiger partial charge on any atom is -0.338 e. The largest absolute Gasteiger partial charge is 0.338 e. The molecule has 6 nitrogen and oxygen atoms in total. The molecule has 22 heavy (non-hydrogen) atoms. The van der Waals surface area contributed by atoms with Crippen LogP contribution in [0.25, 0.3) is 11.4 Å². The fraction of sp³-hybridized carbons (Fsp3) is 0.0769. The van der Waals surface area contributed by atoms with Gasteiger partial charge in [-0.1, -0.05) is 23.4 Å². The van der Waals surface area contributed by atoms with Gasteiger partial charge in [0.25, 0.3) is 10.0 Å². The first kappa shape index (κ1) is 14.8. The SMILES string of the molecule is O=S(=O)(NCc1nc(-c2ccccc2F)no1)c1cccs1. The molecule has 114 valence electrons. The highest BCUT2D eigenvalue weighted by molar-refractivity contribution is 7.91. The molecule has 0 aliphatic rings. The lowest BCUT2D eigenvalue weighted by atomic mass is 10.2. The summed E-state index contributed by atoms with van der Waals surface area (Å²) in [6, 6.07) is 9.13. The molecule has 2 heterocycles. The van der Waals surface area contributed by atoms with Gasteiger partial charge in [-0.2, -0.15) is 4.98 Å². The highest BCUT2D eigenvalue weighted by Crippen LogP contribution is 2.20. The summed E-state index contributed by atoms with van der Waals surface area (Å²) in [5, 5.41) is 5.32. The summed E-state index contributed by atoms with van der Waals surface area (Å²) in [4.78, 5) is 3.98. The maximum Gasteiger partial charge on any atom is 0.250 e. The summed E-state index contributed by atoms with van der Waals surface area (Å²) in [6.07, 6.45) is 0. The molecule has 0 radical (unpaired) electrons. The van der Waals surface area contributed by atoms with Crippen LogP contribution >= 0.6 is 11.3 Å². The van der Waals surface area contributed by atoms with Crippen molar-refractivity contribution in [3.05, 3.63) is 53.5 Å². The number of benzene rings is 1. The Balaban J connectivity index is 1.74. The Morgan fingerprint density at radius 3 is 2.77 bits per heavy atom. The fourth-order valence-electron chi connectivity index (χ4n) is 1.72. The first-order valence-electron chi connectivity index (χ1n) is 6.17. The predicted molar refractivity (Wildman–Crippen MR) is 78.0 cm³/mol. The number of hydrogen-bond acceptors (Lipinski definition) is 6. The standard InChI is InChI=1S/C13H10FN3O3S2/c14-10-5-2-1-4-9(10)13-16-11(20-17-13)8-15-22(18,19)12-6-3-7-21-12/h1-7,15H,8H2. The van der Waals surface area contributed by atoms with E-state index in [2.05, 4.69) is 14.9 Å². The molecule has 0 amide bonds. The lowest BCUT2D eigenvalue weighted by Crippen LogP contribution is -2.22. The molecule has 1 aromatic carbocycles. The minimum absolute atomic E-state index is 0.0541. The fourth-order valence-corrected chi connectivity index (χ4v) is 3.73. The number of nitrogens with zero attached hydrogens (tertiary/aromatic N) is 2. The maximum absolute atomic E-state index is 13.6. The van der Waals surface area contributed by atoms with E-state index in [1.165, 1.54) is 18.2 Å². The molecular formula is C13H10FN3O3S2. The average Bonchev–Trinajstić information content (AvgIpc) is 3.18. The average molecular weight is 339 g/mol. The van der Waals surface area contributed by atoms with Crippen LogP contribution in [0.15, 0.2) is 50.5 Å². The zero-order valence-corrected chi connectivity index (χ0v) is 12.7. The summed E-state index contributed by atoms with van der Waals surface area (Å²) in [6.45, 7) is -0.165. The number of thiophene rings is 1. The van der Waals surface area contributed by atoms with Crippen LogP contribution in [0.2, 0.25) is 0 Å². The smallest absolute Gasteiger partial charge is 0.250 e. The molecule has 0 spiro atoms. The Morgan fingerprint density at radius 1 is 1.23 bits per heavy atom. The Kier molecular flexibility index (Phi) is 4.01. The van der Waals surface area contributed by atoms with Crippen molar-refractivity contribution in [3.8, 4) is 11.4 Å². The van der Waals surface area contributed by atoms with Crippen molar-refractivity contribution < 1.29 is 17.3 Å². The lowest BCUT2D eigenvalue weighted by Gasteiger charge is -2.00. The van der Waals surface area contributed by atoms with Crippen molar-refractivity contribution >= 4 is 21.4 Å². The number of nitrogens with one attached hydrogen (secondary N) is 1. The van der Waals surface area contributed by atoms with Gasteiger partial charge in [-0.25, -0.2) is 17.5 Å². The molecule has 0 aliphatic heterocycles. The molecule has 0 saturated carbocycles. The van der Waals surface area contributed by atoms with Crippen LogP contribution in [0, 0.1) is 5.82 Å². The third kappa shape index (κ3) is 3.06. The molecule has 0 bridgehead atoms. The van der Waals surface area contributed by atoms with E-state index in [0.717, 1.165) is 11.3 Å². The molecule has 0 aliphatic carbocycles.